The van der Waals surface area contributed by atoms with E-state index < -0.39 is 0 Å². The Kier molecular flexibility index (Phi) is 49.6. The van der Waals surface area contributed by atoms with Crippen LogP contribution in [0.3, 0.4) is 0 Å². The molecule has 0 aromatic heterocycles. The molecule has 1 nitrogen and oxygen atoms in total. The van der Waals surface area contributed by atoms with Gasteiger partial charge in [-0.05, 0) is 40.0 Å². The van der Waals surface area contributed by atoms with Gasteiger partial charge in [0.05, 0.1) is 0 Å². The van der Waals surface area contributed by atoms with Gasteiger partial charge in [-0.25, -0.2) is 0 Å². The van der Waals surface area contributed by atoms with Crippen molar-refractivity contribution in [3.05, 3.63) is 0 Å². The predicted octanol–water partition coefficient (Wildman–Crippen LogP) is 21.2. The number of hydrogen-bond acceptors (Lipinski definition) is 1. The zero-order valence-corrected chi connectivity index (χ0v) is 42.1. The normalized spacial score (nSPS) is 13.5. The van der Waals surface area contributed by atoms with Crippen molar-refractivity contribution in [2.45, 2.75) is 368 Å². The largest absolute Gasteiger partial charge is 0.295 e. The summed E-state index contributed by atoms with van der Waals surface area (Å²) in [5.41, 5.74) is 0. The van der Waals surface area contributed by atoms with Crippen LogP contribution in [0.4, 0.5) is 0 Å². The Hall–Kier alpha value is -0.0400. The first-order valence-electron chi connectivity index (χ1n) is 28.4. The molecule has 0 aliphatic rings. The summed E-state index contributed by atoms with van der Waals surface area (Å²) >= 11 is 0. The van der Waals surface area contributed by atoms with E-state index in [0.717, 1.165) is 18.1 Å². The molecule has 0 rings (SSSR count). The standard InChI is InChI=1S/C57H117N/c1-7-10-13-16-19-22-25-28-31-34-37-40-43-46-49-52-55(4)58(56(5)53-50-47-44-41-38-35-32-29-26-23-20-17-14-11-8-2)57(6)54-51-48-45-42-39-36-33-30-27-24-21-18-15-12-9-3/h55-57H,7-54H2,1-6H3. The fourth-order valence-electron chi connectivity index (χ4n) is 10.2. The lowest BCUT2D eigenvalue weighted by atomic mass is 9.97. The van der Waals surface area contributed by atoms with Crippen molar-refractivity contribution in [1.29, 1.82) is 0 Å². The highest BCUT2D eigenvalue weighted by Crippen LogP contribution is 2.25. The number of nitrogens with zero attached hydrogens (tertiary/aromatic N) is 1. The summed E-state index contributed by atoms with van der Waals surface area (Å²) in [5.74, 6) is 0. The van der Waals surface area contributed by atoms with E-state index in [1.165, 1.54) is 308 Å². The summed E-state index contributed by atoms with van der Waals surface area (Å²) in [6.07, 6.45) is 70.0. The van der Waals surface area contributed by atoms with E-state index in [-0.39, 0.29) is 0 Å². The molecule has 350 valence electrons. The lowest BCUT2D eigenvalue weighted by Gasteiger charge is -2.40. The van der Waals surface area contributed by atoms with Crippen molar-refractivity contribution < 1.29 is 0 Å². The van der Waals surface area contributed by atoms with Gasteiger partial charge in [0.2, 0.25) is 0 Å². The SMILES string of the molecule is CCCCCCCCCCCCCCCCCC(C)N(C(C)CCCCCCCCCCCCCCCCC)C(C)CCCCCCCCCCCCCCCCC. The van der Waals surface area contributed by atoms with Crippen molar-refractivity contribution >= 4 is 0 Å². The molecule has 0 bridgehead atoms. The van der Waals surface area contributed by atoms with Crippen LogP contribution >= 0.6 is 0 Å². The Labute approximate surface area is 371 Å². The van der Waals surface area contributed by atoms with Gasteiger partial charge in [-0.1, -0.05) is 310 Å². The summed E-state index contributed by atoms with van der Waals surface area (Å²) in [5, 5.41) is 0. The van der Waals surface area contributed by atoms with Crippen molar-refractivity contribution in [3.8, 4) is 0 Å². The summed E-state index contributed by atoms with van der Waals surface area (Å²) in [6, 6.07) is 2.21. The van der Waals surface area contributed by atoms with Crippen molar-refractivity contribution in [1.82, 2.24) is 4.90 Å². The van der Waals surface area contributed by atoms with Crippen LogP contribution < -0.4 is 0 Å². The zero-order valence-electron chi connectivity index (χ0n) is 42.1. The monoisotopic (exact) mass is 816 g/mol. The first-order valence-corrected chi connectivity index (χ1v) is 28.4. The second-order valence-electron chi connectivity index (χ2n) is 20.2. The quantitative estimate of drug-likeness (QED) is 0.0553. The smallest absolute Gasteiger partial charge is 0.00725 e. The van der Waals surface area contributed by atoms with Gasteiger partial charge in [-0.15, -0.1) is 0 Å². The van der Waals surface area contributed by atoms with Crippen molar-refractivity contribution in [3.63, 3.8) is 0 Å². The van der Waals surface area contributed by atoms with Gasteiger partial charge in [0.15, 0.2) is 0 Å². The van der Waals surface area contributed by atoms with Crippen LogP contribution in [0.2, 0.25) is 0 Å². The summed E-state index contributed by atoms with van der Waals surface area (Å²) < 4.78 is 0. The molecular formula is C57H117N. The Morgan fingerprint density at radius 3 is 0.448 bits per heavy atom. The predicted molar refractivity (Wildman–Crippen MR) is 269 cm³/mol. The second kappa shape index (κ2) is 49.6. The molecule has 0 saturated heterocycles. The fraction of sp³-hybridized carbons (Fsp3) is 1.00. The average Bonchev–Trinajstić information content (AvgIpc) is 3.22. The second-order valence-corrected chi connectivity index (χ2v) is 20.2. The Balaban J connectivity index is 4.33. The van der Waals surface area contributed by atoms with Gasteiger partial charge in [0.25, 0.3) is 0 Å². The van der Waals surface area contributed by atoms with E-state index in [9.17, 15) is 0 Å². The summed E-state index contributed by atoms with van der Waals surface area (Å²) in [4.78, 5) is 3.01. The lowest BCUT2D eigenvalue weighted by molar-refractivity contribution is 0.0834. The third-order valence-electron chi connectivity index (χ3n) is 14.2. The van der Waals surface area contributed by atoms with E-state index in [1.807, 2.05) is 0 Å². The molecule has 58 heavy (non-hydrogen) atoms. The molecular weight excluding hydrogens is 699 g/mol. The summed E-state index contributed by atoms with van der Waals surface area (Å²) in [6.45, 7) is 14.7. The van der Waals surface area contributed by atoms with Gasteiger partial charge in [0, 0.05) is 18.1 Å². The maximum Gasteiger partial charge on any atom is 0.00725 e. The molecule has 0 fully saturated rings. The molecule has 0 aliphatic carbocycles. The van der Waals surface area contributed by atoms with Crippen LogP contribution in [0, 0.1) is 0 Å². The number of hydrogen-bond donors (Lipinski definition) is 0. The van der Waals surface area contributed by atoms with Gasteiger partial charge >= 0.3 is 0 Å². The van der Waals surface area contributed by atoms with Crippen LogP contribution in [0.5, 0.6) is 0 Å². The highest BCUT2D eigenvalue weighted by atomic mass is 15.2. The van der Waals surface area contributed by atoms with Crippen LogP contribution in [-0.2, 0) is 0 Å². The molecule has 0 aromatic rings. The van der Waals surface area contributed by atoms with Crippen molar-refractivity contribution in [2.75, 3.05) is 0 Å². The Morgan fingerprint density at radius 2 is 0.310 bits per heavy atom. The van der Waals surface area contributed by atoms with E-state index in [0.29, 0.717) is 0 Å². The van der Waals surface area contributed by atoms with E-state index >= 15 is 0 Å². The van der Waals surface area contributed by atoms with Gasteiger partial charge in [-0.3, -0.25) is 4.90 Å². The lowest BCUT2D eigenvalue weighted by Crippen LogP contribution is -2.46. The number of unbranched alkanes of at least 4 members (excludes halogenated alkanes) is 42. The molecule has 3 unspecified atom stereocenters. The average molecular weight is 817 g/mol. The van der Waals surface area contributed by atoms with Gasteiger partial charge in [-0.2, -0.15) is 0 Å². The van der Waals surface area contributed by atoms with Crippen molar-refractivity contribution in [2.24, 2.45) is 0 Å². The molecule has 1 heteroatoms. The third kappa shape index (κ3) is 42.6. The highest BCUT2D eigenvalue weighted by molar-refractivity contribution is 4.80. The molecule has 0 aromatic carbocycles. The molecule has 0 spiro atoms. The molecule has 0 amide bonds. The fourth-order valence-corrected chi connectivity index (χ4v) is 10.2. The minimum atomic E-state index is 0.736. The molecule has 3 atom stereocenters. The highest BCUT2D eigenvalue weighted by Gasteiger charge is 2.24. The van der Waals surface area contributed by atoms with Crippen LogP contribution in [0.15, 0.2) is 0 Å². The van der Waals surface area contributed by atoms with E-state index in [4.69, 9.17) is 0 Å². The van der Waals surface area contributed by atoms with E-state index in [1.54, 1.807) is 0 Å². The van der Waals surface area contributed by atoms with Gasteiger partial charge in [0.1, 0.15) is 0 Å². The van der Waals surface area contributed by atoms with Crippen LogP contribution in [0.25, 0.3) is 0 Å². The van der Waals surface area contributed by atoms with Crippen LogP contribution in [0.1, 0.15) is 350 Å². The van der Waals surface area contributed by atoms with E-state index in [2.05, 4.69) is 46.4 Å². The minimum Gasteiger partial charge on any atom is -0.295 e. The minimum absolute atomic E-state index is 0.736. The van der Waals surface area contributed by atoms with Crippen LogP contribution in [-0.4, -0.2) is 23.0 Å². The molecule has 0 heterocycles. The Bertz CT molecular complexity index is 621. The number of rotatable bonds is 51. The maximum absolute atomic E-state index is 3.01. The van der Waals surface area contributed by atoms with Gasteiger partial charge < -0.3 is 0 Å². The molecule has 0 N–H and O–H groups in total. The zero-order chi connectivity index (χ0) is 42.3. The third-order valence-corrected chi connectivity index (χ3v) is 14.2. The summed E-state index contributed by atoms with van der Waals surface area (Å²) in [7, 11) is 0. The molecule has 0 radical (unpaired) electrons. The molecule has 0 aliphatic heterocycles. The molecule has 0 saturated carbocycles. The topological polar surface area (TPSA) is 3.24 Å². The first kappa shape index (κ1) is 58.0. The Morgan fingerprint density at radius 1 is 0.190 bits per heavy atom. The first-order chi connectivity index (χ1) is 28.6. The maximum atomic E-state index is 3.01.